The molecule has 0 bridgehead atoms. The topological polar surface area (TPSA) is 287 Å². The maximum absolute atomic E-state index is 13.1. The molecule has 0 aromatic heterocycles. The third-order valence-electron chi connectivity index (χ3n) is 7.56. The molecule has 0 spiro atoms. The van der Waals surface area contributed by atoms with Crippen LogP contribution in [-0.2, 0) is 62.4 Å². The summed E-state index contributed by atoms with van der Waals surface area (Å²) in [5, 5.41) is -10.7. The number of quaternary nitrogens is 1. The highest BCUT2D eigenvalue weighted by Gasteiger charge is 2.50. The third kappa shape index (κ3) is 16.6. The number of sulfonamides is 2. The molecule has 6 amide bonds. The number of nitrogens with one attached hydrogen (secondary N) is 1. The van der Waals surface area contributed by atoms with Crippen LogP contribution in [0.15, 0.2) is 35.2 Å². The van der Waals surface area contributed by atoms with Crippen LogP contribution >= 0.6 is 0 Å². The van der Waals surface area contributed by atoms with Crippen molar-refractivity contribution in [2.75, 3.05) is 71.5 Å². The van der Waals surface area contributed by atoms with Gasteiger partial charge in [0.05, 0.1) is 58.3 Å². The number of hydrogen-bond donors (Lipinski definition) is 1. The highest BCUT2D eigenvalue weighted by atomic mass is 32.2. The summed E-state index contributed by atoms with van der Waals surface area (Å²) in [4.78, 5) is 49.2. The molecule has 2 fully saturated rings. The SMILES string of the molecule is CC[NH+](CC)CC.CS(=O)(=O)N1CCN(C(=O)OCC(F)C(F)(F)S(=O)(=O)[O-])C1=O.CS(=O)(=O)N1CCN(C(=O)OCC(F)C(F)(F)S(=O)(=O)[O-])C1=O.[SH2+]c1ccccc1. The smallest absolute Gasteiger partial charge is 0.418 e. The summed E-state index contributed by atoms with van der Waals surface area (Å²) in [6, 6.07) is 7.29. The Labute approximate surface area is 347 Å². The zero-order chi connectivity index (χ0) is 47.2. The number of hydrogen-bond acceptors (Lipinski definition) is 16. The Morgan fingerprint density at radius 1 is 0.683 bits per heavy atom. The summed E-state index contributed by atoms with van der Waals surface area (Å²) in [7, 11) is -20.6. The molecule has 3 rings (SSSR count). The van der Waals surface area contributed by atoms with E-state index in [1.165, 1.54) is 19.6 Å². The van der Waals surface area contributed by atoms with Gasteiger partial charge in [0.25, 0.3) is 0 Å². The molecule has 1 aromatic carbocycles. The molecule has 2 heterocycles. The fraction of sp³-hybridized carbons (Fsp3) is 0.643. The van der Waals surface area contributed by atoms with Crippen LogP contribution in [-0.4, -0.2) is 180 Å². The van der Waals surface area contributed by atoms with Crippen molar-refractivity contribution in [1.82, 2.24) is 18.4 Å². The van der Waals surface area contributed by atoms with E-state index >= 15 is 0 Å². The summed E-state index contributed by atoms with van der Waals surface area (Å²) < 4.78 is 192. The van der Waals surface area contributed by atoms with E-state index in [-0.39, 0.29) is 18.4 Å². The summed E-state index contributed by atoms with van der Waals surface area (Å²) >= 11 is 3.36. The molecule has 1 aromatic rings. The van der Waals surface area contributed by atoms with Crippen LogP contribution in [0.1, 0.15) is 20.8 Å². The number of rotatable bonds is 13. The maximum atomic E-state index is 13.1. The number of halogens is 6. The molecule has 21 nitrogen and oxygen atoms in total. The molecule has 60 heavy (non-hydrogen) atoms. The monoisotopic (exact) mass is 979 g/mol. The van der Waals surface area contributed by atoms with Crippen molar-refractivity contribution in [3.05, 3.63) is 30.3 Å². The number of imide groups is 2. The Bertz CT molecular complexity index is 1940. The van der Waals surface area contributed by atoms with Crippen molar-refractivity contribution in [3.8, 4) is 0 Å². The first kappa shape index (κ1) is 56.3. The Kier molecular flexibility index (Phi) is 21.5. The molecule has 2 aliphatic heterocycles. The van der Waals surface area contributed by atoms with E-state index in [4.69, 9.17) is 0 Å². The standard InChI is InChI=1S/2C8H11F3N2O8S2.C6H15N.C6H6S/c2*1-22(16,17)13-3-2-12(6(13)14)7(15)21-4-5(9)8(10,11)23(18,19)20;1-4-7(5-2)6-3;7-6-4-2-1-3-5-6/h2*5H,2-4H2,1H3,(H,18,19,20);4-6H2,1-3H3;1-5,7H. The van der Waals surface area contributed by atoms with Gasteiger partial charge in [0.15, 0.2) is 20.2 Å². The number of amides is 6. The lowest BCUT2D eigenvalue weighted by Gasteiger charge is -2.23. The van der Waals surface area contributed by atoms with E-state index < -0.39 is 127 Å². The zero-order valence-electron chi connectivity index (χ0n) is 32.1. The van der Waals surface area contributed by atoms with Crippen molar-refractivity contribution in [1.29, 1.82) is 0 Å². The fourth-order valence-electron chi connectivity index (χ4n) is 4.13. The number of carbonyl (C=O) groups excluding carboxylic acids is 4. The molecule has 2 saturated heterocycles. The van der Waals surface area contributed by atoms with E-state index in [0.29, 0.717) is 12.5 Å². The number of nitrogens with zero attached hydrogens (tertiary/aromatic N) is 4. The van der Waals surface area contributed by atoms with Gasteiger partial charge < -0.3 is 23.5 Å². The highest BCUT2D eigenvalue weighted by molar-refractivity contribution is 7.89. The highest BCUT2D eigenvalue weighted by Crippen LogP contribution is 2.29. The van der Waals surface area contributed by atoms with Crippen LogP contribution in [0.25, 0.3) is 0 Å². The predicted molar refractivity (Wildman–Crippen MR) is 197 cm³/mol. The average Bonchev–Trinajstić information content (AvgIpc) is 3.73. The van der Waals surface area contributed by atoms with Crippen molar-refractivity contribution in [3.63, 3.8) is 0 Å². The predicted octanol–water partition coefficient (Wildman–Crippen LogP) is -0.419. The van der Waals surface area contributed by atoms with Gasteiger partial charge in [0.2, 0.25) is 32.4 Å². The first-order valence-electron chi connectivity index (χ1n) is 16.6. The number of carbonyl (C=O) groups is 4. The van der Waals surface area contributed by atoms with Crippen LogP contribution in [0.2, 0.25) is 0 Å². The van der Waals surface area contributed by atoms with E-state index in [1.54, 1.807) is 4.90 Å². The quantitative estimate of drug-likeness (QED) is 0.149. The Hall–Kier alpha value is -3.69. The Balaban J connectivity index is 0.000000878. The molecule has 32 heteroatoms. The minimum atomic E-state index is -6.33. The van der Waals surface area contributed by atoms with Crippen molar-refractivity contribution < 1.29 is 103 Å². The molecule has 1 N–H and O–H groups in total. The largest absolute Gasteiger partial charge is 0.743 e. The molecule has 0 saturated carbocycles. The van der Waals surface area contributed by atoms with Crippen LogP contribution in [0.4, 0.5) is 45.5 Å². The number of alkyl halides is 6. The molecule has 0 radical (unpaired) electrons. The Morgan fingerprint density at radius 2 is 0.983 bits per heavy atom. The van der Waals surface area contributed by atoms with Gasteiger partial charge in [-0.3, -0.25) is 0 Å². The van der Waals surface area contributed by atoms with Gasteiger partial charge in [-0.2, -0.15) is 17.6 Å². The zero-order valence-corrected chi connectivity index (χ0v) is 36.4. The molecule has 0 aliphatic carbocycles. The first-order chi connectivity index (χ1) is 27.1. The van der Waals surface area contributed by atoms with Crippen molar-refractivity contribution in [2.45, 2.75) is 48.5 Å². The van der Waals surface area contributed by atoms with E-state index in [9.17, 15) is 88.3 Å². The summed E-state index contributed by atoms with van der Waals surface area (Å²) in [5.74, 6) is 0. The second kappa shape index (κ2) is 23.0. The van der Waals surface area contributed by atoms with Crippen LogP contribution in [0, 0.1) is 0 Å². The third-order valence-corrected chi connectivity index (χ3v) is 12.0. The van der Waals surface area contributed by atoms with Gasteiger partial charge in [-0.1, -0.05) is 18.2 Å². The first-order valence-corrected chi connectivity index (χ1v) is 23.6. The maximum Gasteiger partial charge on any atom is 0.418 e. The number of urea groups is 2. The lowest BCUT2D eigenvalue weighted by Crippen LogP contribution is -3.11. The van der Waals surface area contributed by atoms with Gasteiger partial charge >= 0.3 is 34.8 Å². The van der Waals surface area contributed by atoms with Crippen molar-refractivity contribution in [2.24, 2.45) is 0 Å². The van der Waals surface area contributed by atoms with Gasteiger partial charge in [0.1, 0.15) is 18.1 Å². The summed E-state index contributed by atoms with van der Waals surface area (Å²) in [5.41, 5.74) is 0. The normalized spacial score (nSPS) is 16.2. The summed E-state index contributed by atoms with van der Waals surface area (Å²) in [6.45, 7) is 5.05. The summed E-state index contributed by atoms with van der Waals surface area (Å²) in [6.07, 6.45) is -9.28. The molecule has 2 unspecified atom stereocenters. The van der Waals surface area contributed by atoms with Crippen molar-refractivity contribution >= 4 is 77.2 Å². The Morgan fingerprint density at radius 3 is 1.17 bits per heavy atom. The second-order valence-electron chi connectivity index (χ2n) is 11.8. The average molecular weight is 980 g/mol. The minimum absolute atomic E-state index is 0.192. The van der Waals surface area contributed by atoms with Gasteiger partial charge in [-0.05, 0) is 45.5 Å². The molecule has 348 valence electrons. The molecular weight excluding hydrogens is 937 g/mol. The number of ether oxygens (including phenoxy) is 2. The van der Waals surface area contributed by atoms with Crippen LogP contribution in [0.5, 0.6) is 0 Å². The molecular formula is C28H43F6N5O16S5. The van der Waals surface area contributed by atoms with E-state index in [2.05, 4.69) is 42.9 Å². The number of benzene rings is 1. The van der Waals surface area contributed by atoms with E-state index in [0.717, 1.165) is 4.90 Å². The van der Waals surface area contributed by atoms with Crippen LogP contribution < -0.4 is 4.90 Å². The lowest BCUT2D eigenvalue weighted by molar-refractivity contribution is -0.894. The lowest BCUT2D eigenvalue weighted by atomic mass is 10.4. The van der Waals surface area contributed by atoms with Gasteiger partial charge in [-0.15, -0.1) is 0 Å². The van der Waals surface area contributed by atoms with Gasteiger partial charge in [-0.25, -0.2) is 80.0 Å². The molecule has 2 atom stereocenters. The van der Waals surface area contributed by atoms with Crippen LogP contribution in [0.3, 0.4) is 0 Å². The minimum Gasteiger partial charge on any atom is -0.743 e. The van der Waals surface area contributed by atoms with E-state index in [1.807, 2.05) is 30.3 Å². The fourth-order valence-corrected chi connectivity index (χ4v) is 6.67. The molecule has 2 aliphatic rings. The van der Waals surface area contributed by atoms with Gasteiger partial charge in [0, 0.05) is 0 Å². The second-order valence-corrected chi connectivity index (χ2v) is 19.1.